The lowest BCUT2D eigenvalue weighted by Gasteiger charge is -2.15. The summed E-state index contributed by atoms with van der Waals surface area (Å²) in [4.78, 5) is 25.3. The Hall–Kier alpha value is -2.88. The van der Waals surface area contributed by atoms with Gasteiger partial charge in [-0.3, -0.25) is 9.59 Å². The van der Waals surface area contributed by atoms with Crippen molar-refractivity contribution < 1.29 is 9.59 Å². The number of nitrogens with one attached hydrogen (secondary N) is 1. The zero-order chi connectivity index (χ0) is 18.9. The van der Waals surface area contributed by atoms with Gasteiger partial charge in [-0.25, -0.2) is 0 Å². The van der Waals surface area contributed by atoms with Crippen molar-refractivity contribution in [3.05, 3.63) is 65.9 Å². The number of carbonyl (C=O) groups is 2. The third-order valence-electron chi connectivity index (χ3n) is 4.33. The molecule has 3 aromatic rings. The van der Waals surface area contributed by atoms with E-state index in [1.54, 1.807) is 6.20 Å². The predicted octanol–water partition coefficient (Wildman–Crippen LogP) is 4.82. The first-order valence-electron chi connectivity index (χ1n) is 8.75. The normalized spacial score (nSPS) is 11.5. The van der Waals surface area contributed by atoms with Gasteiger partial charge in [0.1, 0.15) is 6.54 Å². The number of rotatable bonds is 4. The molecule has 0 fully saturated rings. The van der Waals surface area contributed by atoms with Gasteiger partial charge in [0.15, 0.2) is 5.78 Å². The van der Waals surface area contributed by atoms with Gasteiger partial charge in [-0.15, -0.1) is 0 Å². The quantitative estimate of drug-likeness (QED) is 0.687. The molecule has 1 aromatic heterocycles. The smallest absolute Gasteiger partial charge is 0.244 e. The van der Waals surface area contributed by atoms with Gasteiger partial charge in [-0.1, -0.05) is 51.1 Å². The van der Waals surface area contributed by atoms with Crippen molar-refractivity contribution in [1.29, 1.82) is 0 Å². The van der Waals surface area contributed by atoms with E-state index in [2.05, 4.69) is 5.32 Å². The molecule has 0 bridgehead atoms. The van der Waals surface area contributed by atoms with Crippen LogP contribution in [0.1, 0.15) is 36.7 Å². The Morgan fingerprint density at radius 1 is 1.04 bits per heavy atom. The van der Waals surface area contributed by atoms with Crippen molar-refractivity contribution in [2.45, 2.75) is 34.2 Å². The van der Waals surface area contributed by atoms with Crippen LogP contribution in [0.25, 0.3) is 10.9 Å². The minimum atomic E-state index is -0.473. The second-order valence-corrected chi connectivity index (χ2v) is 7.68. The van der Waals surface area contributed by atoms with Gasteiger partial charge in [0, 0.05) is 33.8 Å². The molecule has 0 aliphatic heterocycles. The first-order valence-corrected chi connectivity index (χ1v) is 8.75. The summed E-state index contributed by atoms with van der Waals surface area (Å²) >= 11 is 0. The van der Waals surface area contributed by atoms with Crippen LogP contribution in [0.2, 0.25) is 0 Å². The molecule has 4 heteroatoms. The van der Waals surface area contributed by atoms with Gasteiger partial charge < -0.3 is 9.88 Å². The summed E-state index contributed by atoms with van der Waals surface area (Å²) in [6, 6.07) is 15.4. The number of ketones is 1. The molecule has 4 nitrogen and oxygen atoms in total. The first kappa shape index (κ1) is 17.9. The number of para-hydroxylation sites is 1. The van der Waals surface area contributed by atoms with E-state index in [1.807, 2.05) is 80.8 Å². The molecule has 2 aromatic carbocycles. The zero-order valence-corrected chi connectivity index (χ0v) is 15.7. The van der Waals surface area contributed by atoms with Crippen LogP contribution in [0.15, 0.2) is 54.7 Å². The molecule has 134 valence electrons. The van der Waals surface area contributed by atoms with Gasteiger partial charge in [-0.2, -0.15) is 0 Å². The van der Waals surface area contributed by atoms with Crippen LogP contribution >= 0.6 is 0 Å². The number of hydrogen-bond donors (Lipinski definition) is 1. The molecule has 0 aliphatic carbocycles. The standard InChI is InChI=1S/C22H24N2O2/c1-15-8-7-9-16(12-15)23-20(25)14-24-13-18(21(26)22(2,3)4)17-10-5-6-11-19(17)24/h5-13H,14H2,1-4H3,(H,23,25). The van der Waals surface area contributed by atoms with E-state index in [0.29, 0.717) is 5.56 Å². The Morgan fingerprint density at radius 2 is 1.77 bits per heavy atom. The summed E-state index contributed by atoms with van der Waals surface area (Å²) in [6.07, 6.45) is 1.80. The SMILES string of the molecule is Cc1cccc(NC(=O)Cn2cc(C(=O)C(C)(C)C)c3ccccc32)c1. The molecular formula is C22H24N2O2. The van der Waals surface area contributed by atoms with E-state index >= 15 is 0 Å². The third-order valence-corrected chi connectivity index (χ3v) is 4.33. The van der Waals surface area contributed by atoms with Crippen LogP contribution < -0.4 is 5.32 Å². The molecule has 1 heterocycles. The van der Waals surface area contributed by atoms with E-state index in [9.17, 15) is 9.59 Å². The van der Waals surface area contributed by atoms with Gasteiger partial charge in [0.05, 0.1) is 0 Å². The first-order chi connectivity index (χ1) is 12.3. The summed E-state index contributed by atoms with van der Waals surface area (Å²) in [6.45, 7) is 7.87. The van der Waals surface area contributed by atoms with Crippen LogP contribution in [0.5, 0.6) is 0 Å². The van der Waals surface area contributed by atoms with E-state index in [1.165, 1.54) is 0 Å². The lowest BCUT2D eigenvalue weighted by molar-refractivity contribution is -0.116. The molecule has 26 heavy (non-hydrogen) atoms. The molecule has 0 atom stereocenters. The number of anilines is 1. The molecule has 0 saturated carbocycles. The number of nitrogens with zero attached hydrogens (tertiary/aromatic N) is 1. The second-order valence-electron chi connectivity index (χ2n) is 7.68. The third kappa shape index (κ3) is 3.69. The molecule has 0 saturated heterocycles. The number of aromatic nitrogens is 1. The molecule has 0 spiro atoms. The number of hydrogen-bond acceptors (Lipinski definition) is 2. The maximum absolute atomic E-state index is 12.8. The summed E-state index contributed by atoms with van der Waals surface area (Å²) in [5, 5.41) is 3.80. The highest BCUT2D eigenvalue weighted by Gasteiger charge is 2.26. The zero-order valence-electron chi connectivity index (χ0n) is 15.7. The minimum Gasteiger partial charge on any atom is -0.337 e. The maximum Gasteiger partial charge on any atom is 0.244 e. The van der Waals surface area contributed by atoms with E-state index in [0.717, 1.165) is 22.2 Å². The molecule has 0 radical (unpaired) electrons. The van der Waals surface area contributed by atoms with E-state index in [4.69, 9.17) is 0 Å². The molecule has 1 N–H and O–H groups in total. The van der Waals surface area contributed by atoms with Crippen LogP contribution in [-0.2, 0) is 11.3 Å². The topological polar surface area (TPSA) is 51.1 Å². The molecule has 1 amide bonds. The Balaban J connectivity index is 1.91. The summed E-state index contributed by atoms with van der Waals surface area (Å²) in [5.74, 6) is -0.0438. The molecule has 0 aliphatic rings. The fourth-order valence-corrected chi connectivity index (χ4v) is 3.04. The Morgan fingerprint density at radius 3 is 2.46 bits per heavy atom. The highest BCUT2D eigenvalue weighted by atomic mass is 16.2. The lowest BCUT2D eigenvalue weighted by Crippen LogP contribution is -2.20. The minimum absolute atomic E-state index is 0.0755. The van der Waals surface area contributed by atoms with Crippen LogP contribution in [0.4, 0.5) is 5.69 Å². The fourth-order valence-electron chi connectivity index (χ4n) is 3.04. The number of benzene rings is 2. The number of Topliss-reactive ketones (excluding diaryl/α,β-unsaturated/α-hetero) is 1. The predicted molar refractivity (Wildman–Crippen MR) is 106 cm³/mol. The maximum atomic E-state index is 12.8. The van der Waals surface area contributed by atoms with Crippen LogP contribution in [0.3, 0.4) is 0 Å². The Bertz CT molecular complexity index is 977. The Kier molecular flexibility index (Phi) is 4.68. The van der Waals surface area contributed by atoms with Crippen molar-refractivity contribution in [1.82, 2.24) is 4.57 Å². The van der Waals surface area contributed by atoms with Crippen molar-refractivity contribution in [3.8, 4) is 0 Å². The number of aryl methyl sites for hydroxylation is 1. The van der Waals surface area contributed by atoms with Crippen molar-refractivity contribution in [3.63, 3.8) is 0 Å². The second kappa shape index (κ2) is 6.79. The average molecular weight is 348 g/mol. The lowest BCUT2D eigenvalue weighted by atomic mass is 9.86. The van der Waals surface area contributed by atoms with E-state index < -0.39 is 5.41 Å². The van der Waals surface area contributed by atoms with Crippen molar-refractivity contribution in [2.24, 2.45) is 5.41 Å². The van der Waals surface area contributed by atoms with Gasteiger partial charge in [0.25, 0.3) is 0 Å². The molecule has 3 rings (SSSR count). The Labute approximate surface area is 153 Å². The largest absolute Gasteiger partial charge is 0.337 e. The molecular weight excluding hydrogens is 324 g/mol. The summed E-state index contributed by atoms with van der Waals surface area (Å²) in [5.41, 5.74) is 2.94. The number of carbonyl (C=O) groups excluding carboxylic acids is 2. The number of amides is 1. The summed E-state index contributed by atoms with van der Waals surface area (Å²) in [7, 11) is 0. The van der Waals surface area contributed by atoms with Crippen LogP contribution in [-0.4, -0.2) is 16.3 Å². The summed E-state index contributed by atoms with van der Waals surface area (Å²) < 4.78 is 1.85. The number of fused-ring (bicyclic) bond motifs is 1. The fraction of sp³-hybridized carbons (Fsp3) is 0.273. The van der Waals surface area contributed by atoms with Crippen LogP contribution in [0, 0.1) is 12.3 Å². The van der Waals surface area contributed by atoms with E-state index in [-0.39, 0.29) is 18.2 Å². The van der Waals surface area contributed by atoms with Gasteiger partial charge in [-0.05, 0) is 30.7 Å². The van der Waals surface area contributed by atoms with Gasteiger partial charge >= 0.3 is 0 Å². The highest BCUT2D eigenvalue weighted by molar-refractivity contribution is 6.10. The van der Waals surface area contributed by atoms with Crippen molar-refractivity contribution in [2.75, 3.05) is 5.32 Å². The van der Waals surface area contributed by atoms with Crippen molar-refractivity contribution >= 4 is 28.3 Å². The molecule has 0 unspecified atom stereocenters. The highest BCUT2D eigenvalue weighted by Crippen LogP contribution is 2.28. The monoisotopic (exact) mass is 348 g/mol. The van der Waals surface area contributed by atoms with Gasteiger partial charge in [0.2, 0.25) is 5.91 Å². The average Bonchev–Trinajstić information content (AvgIpc) is 2.92.